The van der Waals surface area contributed by atoms with Gasteiger partial charge in [-0.05, 0) is 50.7 Å². The molecule has 1 aliphatic rings. The second kappa shape index (κ2) is 6.84. The van der Waals surface area contributed by atoms with Crippen molar-refractivity contribution in [3.05, 3.63) is 34.3 Å². The molecule has 106 valence electrons. The van der Waals surface area contributed by atoms with Crippen LogP contribution in [0.4, 0.5) is 0 Å². The number of nitrogens with zero attached hydrogens (tertiary/aromatic N) is 2. The summed E-state index contributed by atoms with van der Waals surface area (Å²) in [5, 5.41) is 0. The van der Waals surface area contributed by atoms with Gasteiger partial charge in [-0.2, -0.15) is 0 Å². The SMILES string of the molecule is CN1CCC(CN(C)C(CN)c2cccc(Br)c2)C1. The molecule has 19 heavy (non-hydrogen) atoms. The molecule has 0 radical (unpaired) electrons. The van der Waals surface area contributed by atoms with Crippen LogP contribution in [0.3, 0.4) is 0 Å². The third kappa shape index (κ3) is 4.02. The van der Waals surface area contributed by atoms with E-state index in [9.17, 15) is 0 Å². The van der Waals surface area contributed by atoms with E-state index in [1.165, 1.54) is 25.1 Å². The summed E-state index contributed by atoms with van der Waals surface area (Å²) in [5.74, 6) is 0.774. The Kier molecular flexibility index (Phi) is 5.39. The summed E-state index contributed by atoms with van der Waals surface area (Å²) in [6.45, 7) is 4.22. The first-order valence-corrected chi connectivity index (χ1v) is 7.73. The molecule has 2 N–H and O–H groups in total. The van der Waals surface area contributed by atoms with Crippen LogP contribution in [0.2, 0.25) is 0 Å². The highest BCUT2D eigenvalue weighted by Crippen LogP contribution is 2.24. The van der Waals surface area contributed by atoms with Crippen molar-refractivity contribution < 1.29 is 0 Å². The number of hydrogen-bond donors (Lipinski definition) is 1. The van der Waals surface area contributed by atoms with Gasteiger partial charge >= 0.3 is 0 Å². The fourth-order valence-corrected chi connectivity index (χ4v) is 3.41. The van der Waals surface area contributed by atoms with Gasteiger partial charge in [0.05, 0.1) is 0 Å². The lowest BCUT2D eigenvalue weighted by Crippen LogP contribution is -2.35. The van der Waals surface area contributed by atoms with Gasteiger partial charge in [0.2, 0.25) is 0 Å². The number of likely N-dealkylation sites (N-methyl/N-ethyl adjacent to an activating group) is 1. The molecule has 0 saturated carbocycles. The van der Waals surface area contributed by atoms with Crippen molar-refractivity contribution in [3.63, 3.8) is 0 Å². The Morgan fingerprint density at radius 1 is 1.53 bits per heavy atom. The number of hydrogen-bond acceptors (Lipinski definition) is 3. The third-order valence-corrected chi connectivity index (χ3v) is 4.52. The van der Waals surface area contributed by atoms with Crippen LogP contribution in [-0.4, -0.2) is 50.1 Å². The van der Waals surface area contributed by atoms with E-state index in [1.54, 1.807) is 0 Å². The third-order valence-electron chi connectivity index (χ3n) is 4.02. The Labute approximate surface area is 124 Å². The first-order valence-electron chi connectivity index (χ1n) is 6.94. The average Bonchev–Trinajstić information content (AvgIpc) is 2.75. The van der Waals surface area contributed by atoms with E-state index in [1.807, 2.05) is 0 Å². The zero-order chi connectivity index (χ0) is 13.8. The van der Waals surface area contributed by atoms with Crippen molar-refractivity contribution in [2.75, 3.05) is 40.3 Å². The lowest BCUT2D eigenvalue weighted by atomic mass is 10.0. The van der Waals surface area contributed by atoms with Gasteiger partial charge in [-0.1, -0.05) is 28.1 Å². The maximum atomic E-state index is 5.99. The minimum atomic E-state index is 0.309. The zero-order valence-electron chi connectivity index (χ0n) is 11.8. The van der Waals surface area contributed by atoms with Gasteiger partial charge < -0.3 is 10.6 Å². The number of benzene rings is 1. The number of likely N-dealkylation sites (tertiary alicyclic amines) is 1. The number of nitrogens with two attached hydrogens (primary N) is 1. The molecule has 1 fully saturated rings. The van der Waals surface area contributed by atoms with Gasteiger partial charge in [-0.25, -0.2) is 0 Å². The first-order chi connectivity index (χ1) is 9.10. The summed E-state index contributed by atoms with van der Waals surface area (Å²) < 4.78 is 1.12. The molecule has 3 nitrogen and oxygen atoms in total. The van der Waals surface area contributed by atoms with Crippen molar-refractivity contribution in [1.82, 2.24) is 9.80 Å². The molecule has 1 saturated heterocycles. The Morgan fingerprint density at radius 2 is 2.32 bits per heavy atom. The standard InChI is InChI=1S/C15H24BrN3/c1-18-7-6-12(10-18)11-19(2)15(9-17)13-4-3-5-14(16)8-13/h3-5,8,12,15H,6-7,9-11,17H2,1-2H3. The lowest BCUT2D eigenvalue weighted by molar-refractivity contribution is 0.211. The molecule has 2 atom stereocenters. The van der Waals surface area contributed by atoms with Crippen molar-refractivity contribution in [2.45, 2.75) is 12.5 Å². The predicted molar refractivity (Wildman–Crippen MR) is 84.2 cm³/mol. The quantitative estimate of drug-likeness (QED) is 0.901. The van der Waals surface area contributed by atoms with Crippen LogP contribution >= 0.6 is 15.9 Å². The Balaban J connectivity index is 2.00. The van der Waals surface area contributed by atoms with Crippen molar-refractivity contribution in [2.24, 2.45) is 11.7 Å². The zero-order valence-corrected chi connectivity index (χ0v) is 13.4. The molecule has 0 aromatic heterocycles. The number of rotatable bonds is 5. The van der Waals surface area contributed by atoms with Gasteiger partial charge in [0.25, 0.3) is 0 Å². The maximum Gasteiger partial charge on any atom is 0.0467 e. The minimum absolute atomic E-state index is 0.309. The summed E-state index contributed by atoms with van der Waals surface area (Å²) in [6.07, 6.45) is 1.30. The summed E-state index contributed by atoms with van der Waals surface area (Å²) in [4.78, 5) is 4.82. The molecule has 1 aromatic carbocycles. The van der Waals surface area contributed by atoms with E-state index in [0.717, 1.165) is 16.9 Å². The van der Waals surface area contributed by atoms with Gasteiger partial charge in [-0.3, -0.25) is 4.90 Å². The van der Waals surface area contributed by atoms with E-state index in [0.29, 0.717) is 12.6 Å². The second-order valence-electron chi connectivity index (χ2n) is 5.66. The monoisotopic (exact) mass is 325 g/mol. The molecule has 1 aliphatic heterocycles. The van der Waals surface area contributed by atoms with Crippen LogP contribution in [0.25, 0.3) is 0 Å². The van der Waals surface area contributed by atoms with E-state index < -0.39 is 0 Å². The molecule has 1 aromatic rings. The highest BCUT2D eigenvalue weighted by atomic mass is 79.9. The van der Waals surface area contributed by atoms with Gasteiger partial charge in [-0.15, -0.1) is 0 Å². The molecular weight excluding hydrogens is 302 g/mol. The molecule has 2 unspecified atom stereocenters. The normalized spacial score (nSPS) is 22.1. The van der Waals surface area contributed by atoms with E-state index in [4.69, 9.17) is 5.73 Å². The highest BCUT2D eigenvalue weighted by Gasteiger charge is 2.24. The van der Waals surface area contributed by atoms with E-state index in [-0.39, 0.29) is 0 Å². The first kappa shape index (κ1) is 15.0. The predicted octanol–water partition coefficient (Wildman–Crippen LogP) is 2.33. The fourth-order valence-electron chi connectivity index (χ4n) is 2.99. The minimum Gasteiger partial charge on any atom is -0.329 e. The molecule has 2 rings (SSSR count). The van der Waals surface area contributed by atoms with Crippen LogP contribution in [-0.2, 0) is 0 Å². The molecule has 0 aliphatic carbocycles. The fraction of sp³-hybridized carbons (Fsp3) is 0.600. The van der Waals surface area contributed by atoms with Gasteiger partial charge in [0.1, 0.15) is 0 Å². The Bertz CT molecular complexity index is 410. The molecular formula is C15H24BrN3. The van der Waals surface area contributed by atoms with Crippen LogP contribution in [0.15, 0.2) is 28.7 Å². The highest BCUT2D eigenvalue weighted by molar-refractivity contribution is 9.10. The average molecular weight is 326 g/mol. The topological polar surface area (TPSA) is 32.5 Å². The van der Waals surface area contributed by atoms with Crippen molar-refractivity contribution >= 4 is 15.9 Å². The van der Waals surface area contributed by atoms with Crippen molar-refractivity contribution in [1.29, 1.82) is 0 Å². The lowest BCUT2D eigenvalue weighted by Gasteiger charge is -2.29. The van der Waals surface area contributed by atoms with Crippen LogP contribution in [0, 0.1) is 5.92 Å². The molecule has 4 heteroatoms. The largest absolute Gasteiger partial charge is 0.329 e. The number of halogens is 1. The maximum absolute atomic E-state index is 5.99. The molecule has 0 amide bonds. The molecule has 1 heterocycles. The van der Waals surface area contributed by atoms with E-state index in [2.05, 4.69) is 64.1 Å². The smallest absolute Gasteiger partial charge is 0.0467 e. The summed E-state index contributed by atoms with van der Waals surface area (Å²) >= 11 is 3.54. The Hall–Kier alpha value is -0.420. The van der Waals surface area contributed by atoms with E-state index >= 15 is 0 Å². The van der Waals surface area contributed by atoms with Gasteiger partial charge in [0.15, 0.2) is 0 Å². The Morgan fingerprint density at radius 3 is 2.89 bits per heavy atom. The molecule has 0 bridgehead atoms. The van der Waals surface area contributed by atoms with Crippen LogP contribution < -0.4 is 5.73 Å². The van der Waals surface area contributed by atoms with Crippen molar-refractivity contribution in [3.8, 4) is 0 Å². The van der Waals surface area contributed by atoms with Crippen LogP contribution in [0.5, 0.6) is 0 Å². The van der Waals surface area contributed by atoms with Crippen LogP contribution in [0.1, 0.15) is 18.0 Å². The second-order valence-corrected chi connectivity index (χ2v) is 6.58. The summed E-state index contributed by atoms with van der Waals surface area (Å²) in [6, 6.07) is 8.79. The summed E-state index contributed by atoms with van der Waals surface area (Å²) in [5.41, 5.74) is 7.29. The van der Waals surface area contributed by atoms with Gasteiger partial charge in [0, 0.05) is 30.1 Å². The molecule has 0 spiro atoms. The summed E-state index contributed by atoms with van der Waals surface area (Å²) in [7, 11) is 4.39.